The van der Waals surface area contributed by atoms with E-state index in [0.29, 0.717) is 0 Å². The maximum Gasteiger partial charge on any atom is 0.0289 e. The van der Waals surface area contributed by atoms with Gasteiger partial charge >= 0.3 is 0 Å². The van der Waals surface area contributed by atoms with Crippen LogP contribution in [0.2, 0.25) is 0 Å². The fourth-order valence-corrected chi connectivity index (χ4v) is 3.02. The molecule has 1 heteroatoms. The van der Waals surface area contributed by atoms with Gasteiger partial charge in [-0.3, -0.25) is 0 Å². The van der Waals surface area contributed by atoms with Crippen molar-refractivity contribution in [2.45, 2.75) is 58.4 Å². The maximum absolute atomic E-state index is 3.71. The summed E-state index contributed by atoms with van der Waals surface area (Å²) in [6.45, 7) is 4.59. The Hall–Kier alpha value is -0.460. The SMILES string of the molecule is CCC1=CCC2C[C@H](CC)CCC2N1. The molecular formula is C13H23N. The van der Waals surface area contributed by atoms with E-state index in [2.05, 4.69) is 25.2 Å². The molecule has 2 aliphatic rings. The van der Waals surface area contributed by atoms with Crippen molar-refractivity contribution in [2.75, 3.05) is 0 Å². The third-order valence-corrected chi connectivity index (χ3v) is 4.09. The Balaban J connectivity index is 1.96. The van der Waals surface area contributed by atoms with Gasteiger partial charge in [0.1, 0.15) is 0 Å². The van der Waals surface area contributed by atoms with Crippen LogP contribution < -0.4 is 5.32 Å². The van der Waals surface area contributed by atoms with Crippen LogP contribution in [0.15, 0.2) is 11.8 Å². The van der Waals surface area contributed by atoms with Gasteiger partial charge in [0.05, 0.1) is 0 Å². The molecule has 0 bridgehead atoms. The summed E-state index contributed by atoms with van der Waals surface area (Å²) in [5, 5.41) is 3.71. The molecule has 2 rings (SSSR count). The molecule has 1 aliphatic heterocycles. The highest BCUT2D eigenvalue weighted by Gasteiger charge is 2.31. The zero-order valence-corrected chi connectivity index (χ0v) is 9.55. The van der Waals surface area contributed by atoms with Gasteiger partial charge in [-0.15, -0.1) is 0 Å². The first kappa shape index (κ1) is 10.1. The summed E-state index contributed by atoms with van der Waals surface area (Å²) in [6, 6.07) is 0.803. The Morgan fingerprint density at radius 2 is 2.21 bits per heavy atom. The van der Waals surface area contributed by atoms with E-state index in [1.54, 1.807) is 0 Å². The molecule has 3 atom stereocenters. The molecule has 0 aromatic rings. The zero-order valence-electron chi connectivity index (χ0n) is 9.55. The van der Waals surface area contributed by atoms with Gasteiger partial charge in [0.2, 0.25) is 0 Å². The normalized spacial score (nSPS) is 37.0. The molecule has 1 nitrogen and oxygen atoms in total. The molecule has 0 saturated heterocycles. The number of hydrogen-bond donors (Lipinski definition) is 1. The molecular weight excluding hydrogens is 170 g/mol. The van der Waals surface area contributed by atoms with Crippen LogP contribution >= 0.6 is 0 Å². The van der Waals surface area contributed by atoms with E-state index in [0.717, 1.165) is 17.9 Å². The van der Waals surface area contributed by atoms with Crippen molar-refractivity contribution in [2.24, 2.45) is 11.8 Å². The van der Waals surface area contributed by atoms with Crippen molar-refractivity contribution in [1.82, 2.24) is 5.32 Å². The molecule has 0 spiro atoms. The summed E-state index contributed by atoms with van der Waals surface area (Å²) >= 11 is 0. The topological polar surface area (TPSA) is 12.0 Å². The molecule has 1 aliphatic carbocycles. The average Bonchev–Trinajstić information content (AvgIpc) is 2.27. The minimum Gasteiger partial charge on any atom is -0.386 e. The Bertz CT molecular complexity index is 219. The minimum absolute atomic E-state index is 0.803. The molecule has 0 radical (unpaired) electrons. The van der Waals surface area contributed by atoms with Gasteiger partial charge in [-0.25, -0.2) is 0 Å². The van der Waals surface area contributed by atoms with Crippen molar-refractivity contribution >= 4 is 0 Å². The fourth-order valence-electron chi connectivity index (χ4n) is 3.02. The summed E-state index contributed by atoms with van der Waals surface area (Å²) in [5.41, 5.74) is 1.49. The van der Waals surface area contributed by atoms with Crippen molar-refractivity contribution in [3.8, 4) is 0 Å². The van der Waals surface area contributed by atoms with Crippen molar-refractivity contribution in [3.05, 3.63) is 11.8 Å². The van der Waals surface area contributed by atoms with Crippen LogP contribution in [0, 0.1) is 11.8 Å². The highest BCUT2D eigenvalue weighted by atomic mass is 14.9. The van der Waals surface area contributed by atoms with Gasteiger partial charge in [-0.05, 0) is 43.9 Å². The zero-order chi connectivity index (χ0) is 9.97. The van der Waals surface area contributed by atoms with Crippen LogP contribution in [-0.4, -0.2) is 6.04 Å². The van der Waals surface area contributed by atoms with E-state index in [1.165, 1.54) is 44.2 Å². The second kappa shape index (κ2) is 4.37. The lowest BCUT2D eigenvalue weighted by Crippen LogP contribution is -2.42. The van der Waals surface area contributed by atoms with Gasteiger partial charge in [-0.1, -0.05) is 26.3 Å². The number of hydrogen-bond acceptors (Lipinski definition) is 1. The molecule has 14 heavy (non-hydrogen) atoms. The largest absolute Gasteiger partial charge is 0.386 e. The first-order valence-corrected chi connectivity index (χ1v) is 6.29. The van der Waals surface area contributed by atoms with E-state index in [4.69, 9.17) is 0 Å². The van der Waals surface area contributed by atoms with Crippen LogP contribution in [0.1, 0.15) is 52.4 Å². The van der Waals surface area contributed by atoms with Gasteiger partial charge < -0.3 is 5.32 Å². The van der Waals surface area contributed by atoms with Gasteiger partial charge in [0, 0.05) is 11.7 Å². The van der Waals surface area contributed by atoms with Crippen molar-refractivity contribution in [1.29, 1.82) is 0 Å². The monoisotopic (exact) mass is 193 g/mol. The highest BCUT2D eigenvalue weighted by molar-refractivity contribution is 5.08. The molecule has 0 aromatic heterocycles. The Morgan fingerprint density at radius 1 is 1.36 bits per heavy atom. The number of nitrogens with one attached hydrogen (secondary N) is 1. The van der Waals surface area contributed by atoms with E-state index in [-0.39, 0.29) is 0 Å². The van der Waals surface area contributed by atoms with E-state index >= 15 is 0 Å². The second-order valence-corrected chi connectivity index (χ2v) is 4.92. The average molecular weight is 193 g/mol. The van der Waals surface area contributed by atoms with Crippen LogP contribution in [0.4, 0.5) is 0 Å². The molecule has 1 heterocycles. The summed E-state index contributed by atoms with van der Waals surface area (Å²) in [4.78, 5) is 0. The highest BCUT2D eigenvalue weighted by Crippen LogP contribution is 2.36. The van der Waals surface area contributed by atoms with Crippen LogP contribution in [0.5, 0.6) is 0 Å². The predicted octanol–water partition coefficient (Wildman–Crippen LogP) is 3.47. The molecule has 0 aromatic carbocycles. The quantitative estimate of drug-likeness (QED) is 0.708. The minimum atomic E-state index is 0.803. The number of allylic oxidation sites excluding steroid dienone is 2. The fraction of sp³-hybridized carbons (Fsp3) is 0.846. The van der Waals surface area contributed by atoms with E-state index < -0.39 is 0 Å². The molecule has 1 fully saturated rings. The first-order valence-electron chi connectivity index (χ1n) is 6.29. The van der Waals surface area contributed by atoms with E-state index in [9.17, 15) is 0 Å². The lowest BCUT2D eigenvalue weighted by Gasteiger charge is -2.39. The van der Waals surface area contributed by atoms with Gasteiger partial charge in [-0.2, -0.15) is 0 Å². The van der Waals surface area contributed by atoms with Crippen molar-refractivity contribution in [3.63, 3.8) is 0 Å². The third kappa shape index (κ3) is 1.97. The molecule has 1 saturated carbocycles. The second-order valence-electron chi connectivity index (χ2n) is 4.92. The Morgan fingerprint density at radius 3 is 2.93 bits per heavy atom. The van der Waals surface area contributed by atoms with Gasteiger partial charge in [0.15, 0.2) is 0 Å². The van der Waals surface area contributed by atoms with Crippen molar-refractivity contribution < 1.29 is 0 Å². The maximum atomic E-state index is 3.71. The lowest BCUT2D eigenvalue weighted by molar-refractivity contribution is 0.199. The van der Waals surface area contributed by atoms with Crippen LogP contribution in [0.25, 0.3) is 0 Å². The first-order chi connectivity index (χ1) is 6.83. The molecule has 80 valence electrons. The molecule has 2 unspecified atom stereocenters. The molecule has 0 amide bonds. The summed E-state index contributed by atoms with van der Waals surface area (Å²) in [6.07, 6.45) is 10.6. The van der Waals surface area contributed by atoms with Gasteiger partial charge in [0.25, 0.3) is 0 Å². The van der Waals surface area contributed by atoms with Crippen LogP contribution in [0.3, 0.4) is 0 Å². The van der Waals surface area contributed by atoms with E-state index in [1.807, 2.05) is 0 Å². The summed E-state index contributed by atoms with van der Waals surface area (Å²) < 4.78 is 0. The smallest absolute Gasteiger partial charge is 0.0289 e. The standard InChI is InChI=1S/C13H23N/c1-3-10-5-8-13-11(9-10)6-7-12(4-2)14-13/h7,10-11,13-14H,3-6,8-9H2,1-2H3/t10-,11?,13?/m1/s1. The summed E-state index contributed by atoms with van der Waals surface area (Å²) in [5.74, 6) is 1.94. The Labute approximate surface area is 88.0 Å². The summed E-state index contributed by atoms with van der Waals surface area (Å²) in [7, 11) is 0. The Kier molecular flexibility index (Phi) is 3.15. The number of fused-ring (bicyclic) bond motifs is 1. The van der Waals surface area contributed by atoms with Crippen LogP contribution in [-0.2, 0) is 0 Å². The lowest BCUT2D eigenvalue weighted by atomic mass is 9.74. The predicted molar refractivity (Wildman–Crippen MR) is 61.0 cm³/mol. The third-order valence-electron chi connectivity index (χ3n) is 4.09. The molecule has 1 N–H and O–H groups in total. The number of rotatable bonds is 2.